The highest BCUT2D eigenvalue weighted by Gasteiger charge is 2.04. The van der Waals surface area contributed by atoms with Crippen molar-refractivity contribution in [2.24, 2.45) is 5.73 Å². The molecule has 0 saturated heterocycles. The maximum absolute atomic E-state index is 5.53. The van der Waals surface area contributed by atoms with Crippen molar-refractivity contribution in [3.63, 3.8) is 0 Å². The lowest BCUT2D eigenvalue weighted by Gasteiger charge is -2.11. The zero-order valence-electron chi connectivity index (χ0n) is 8.36. The summed E-state index contributed by atoms with van der Waals surface area (Å²) >= 11 is 4.82. The topological polar surface area (TPSA) is 48.1 Å². The first-order valence-electron chi connectivity index (χ1n) is 4.57. The molecule has 0 fully saturated rings. The predicted molar refractivity (Wildman–Crippen MR) is 60.5 cm³/mol. The van der Waals surface area contributed by atoms with Gasteiger partial charge in [-0.1, -0.05) is 25.2 Å². The van der Waals surface area contributed by atoms with Crippen LogP contribution in [-0.2, 0) is 0 Å². The van der Waals surface area contributed by atoms with E-state index in [2.05, 4.69) is 11.9 Å². The van der Waals surface area contributed by atoms with Crippen LogP contribution in [0.2, 0.25) is 0 Å². The normalized spacial score (nSPS) is 12.1. The Kier molecular flexibility index (Phi) is 3.83. The molecule has 0 amide bonds. The third kappa shape index (κ3) is 2.96. The van der Waals surface area contributed by atoms with E-state index in [1.165, 1.54) is 0 Å². The molecule has 0 aliphatic carbocycles. The Balaban J connectivity index is 2.78. The molecule has 0 aromatic carbocycles. The van der Waals surface area contributed by atoms with Crippen molar-refractivity contribution < 1.29 is 4.74 Å². The zero-order valence-corrected chi connectivity index (χ0v) is 9.17. The summed E-state index contributed by atoms with van der Waals surface area (Å²) < 4.78 is 5.53. The van der Waals surface area contributed by atoms with Gasteiger partial charge in [0.1, 0.15) is 10.7 Å². The summed E-state index contributed by atoms with van der Waals surface area (Å²) in [7, 11) is 0. The number of ether oxygens (including phenoxy) is 1. The molecular weight excluding hydrogens is 196 g/mol. The minimum absolute atomic E-state index is 0.157. The Labute approximate surface area is 89.3 Å². The predicted octanol–water partition coefficient (Wildman–Crippen LogP) is 1.89. The summed E-state index contributed by atoms with van der Waals surface area (Å²) in [5.74, 6) is 0.574. The molecule has 3 nitrogen and oxygen atoms in total. The lowest BCUT2D eigenvalue weighted by atomic mass is 10.3. The molecule has 0 aliphatic heterocycles. The minimum atomic E-state index is 0.157. The molecule has 0 aliphatic rings. The quantitative estimate of drug-likeness (QED) is 0.771. The Hall–Kier alpha value is -1.16. The smallest absolute Gasteiger partial charge is 0.214 e. The lowest BCUT2D eigenvalue weighted by Crippen LogP contribution is -2.14. The van der Waals surface area contributed by atoms with E-state index in [0.717, 1.165) is 6.42 Å². The summed E-state index contributed by atoms with van der Waals surface area (Å²) in [4.78, 5) is 4.46. The summed E-state index contributed by atoms with van der Waals surface area (Å²) in [6.07, 6.45) is 1.10. The van der Waals surface area contributed by atoms with Crippen LogP contribution in [0.15, 0.2) is 18.2 Å². The van der Waals surface area contributed by atoms with Gasteiger partial charge in [0.2, 0.25) is 5.88 Å². The first kappa shape index (κ1) is 10.9. The largest absolute Gasteiger partial charge is 0.475 e. The number of hydrogen-bond donors (Lipinski definition) is 1. The average Bonchev–Trinajstić information content (AvgIpc) is 2.18. The van der Waals surface area contributed by atoms with Gasteiger partial charge in [-0.15, -0.1) is 0 Å². The van der Waals surface area contributed by atoms with E-state index in [1.807, 2.05) is 13.0 Å². The Morgan fingerprint density at radius 1 is 1.64 bits per heavy atom. The summed E-state index contributed by atoms with van der Waals surface area (Å²) in [5, 5.41) is 0. The number of aromatic nitrogens is 1. The fourth-order valence-corrected chi connectivity index (χ4v) is 1.02. The maximum atomic E-state index is 5.53. The van der Waals surface area contributed by atoms with Crippen molar-refractivity contribution in [3.05, 3.63) is 23.9 Å². The van der Waals surface area contributed by atoms with Gasteiger partial charge >= 0.3 is 0 Å². The van der Waals surface area contributed by atoms with Crippen LogP contribution in [0, 0.1) is 0 Å². The highest BCUT2D eigenvalue weighted by molar-refractivity contribution is 7.80. The fraction of sp³-hybridized carbons (Fsp3) is 0.400. The van der Waals surface area contributed by atoms with E-state index in [0.29, 0.717) is 16.6 Å². The molecule has 0 bridgehead atoms. The van der Waals surface area contributed by atoms with Gasteiger partial charge < -0.3 is 10.5 Å². The van der Waals surface area contributed by atoms with Crippen molar-refractivity contribution in [1.82, 2.24) is 4.98 Å². The molecule has 4 heteroatoms. The third-order valence-corrected chi connectivity index (χ3v) is 2.08. The van der Waals surface area contributed by atoms with E-state index < -0.39 is 0 Å². The number of hydrogen-bond acceptors (Lipinski definition) is 3. The molecule has 2 N–H and O–H groups in total. The van der Waals surface area contributed by atoms with E-state index in [-0.39, 0.29) is 6.10 Å². The molecule has 14 heavy (non-hydrogen) atoms. The molecule has 0 saturated carbocycles. The first-order valence-corrected chi connectivity index (χ1v) is 4.97. The number of nitrogens with two attached hydrogens (primary N) is 1. The average molecular weight is 210 g/mol. The third-order valence-electron chi connectivity index (χ3n) is 1.87. The van der Waals surface area contributed by atoms with Crippen molar-refractivity contribution in [3.8, 4) is 5.88 Å². The van der Waals surface area contributed by atoms with Crippen LogP contribution in [0.4, 0.5) is 0 Å². The number of nitrogens with zero attached hydrogens (tertiary/aromatic N) is 1. The van der Waals surface area contributed by atoms with Gasteiger partial charge in [-0.2, -0.15) is 0 Å². The van der Waals surface area contributed by atoms with E-state index >= 15 is 0 Å². The monoisotopic (exact) mass is 210 g/mol. The van der Waals surface area contributed by atoms with Gasteiger partial charge in [-0.3, -0.25) is 0 Å². The second-order valence-electron chi connectivity index (χ2n) is 3.06. The molecule has 0 spiro atoms. The summed E-state index contributed by atoms with van der Waals surface area (Å²) in [5.41, 5.74) is 6.06. The van der Waals surface area contributed by atoms with E-state index in [9.17, 15) is 0 Å². The molecule has 0 radical (unpaired) electrons. The van der Waals surface area contributed by atoms with Crippen molar-refractivity contribution in [1.29, 1.82) is 0 Å². The Morgan fingerprint density at radius 2 is 2.36 bits per heavy atom. The van der Waals surface area contributed by atoms with Crippen LogP contribution in [-0.4, -0.2) is 16.1 Å². The van der Waals surface area contributed by atoms with Gasteiger partial charge in [0, 0.05) is 6.07 Å². The Morgan fingerprint density at radius 3 is 2.93 bits per heavy atom. The zero-order chi connectivity index (χ0) is 10.6. The van der Waals surface area contributed by atoms with Crippen molar-refractivity contribution in [2.45, 2.75) is 26.4 Å². The van der Waals surface area contributed by atoms with Crippen LogP contribution in [0.3, 0.4) is 0 Å². The molecule has 1 atom stereocenters. The second-order valence-corrected chi connectivity index (χ2v) is 3.50. The fourth-order valence-electron chi connectivity index (χ4n) is 0.907. The van der Waals surface area contributed by atoms with Gasteiger partial charge in [0.25, 0.3) is 0 Å². The highest BCUT2D eigenvalue weighted by Crippen LogP contribution is 2.10. The van der Waals surface area contributed by atoms with Crippen LogP contribution in [0.1, 0.15) is 26.0 Å². The lowest BCUT2D eigenvalue weighted by molar-refractivity contribution is 0.208. The minimum Gasteiger partial charge on any atom is -0.475 e. The van der Waals surface area contributed by atoms with Crippen LogP contribution in [0.5, 0.6) is 5.88 Å². The number of rotatable bonds is 4. The molecule has 1 aromatic heterocycles. The second kappa shape index (κ2) is 4.91. The van der Waals surface area contributed by atoms with Crippen LogP contribution < -0.4 is 10.5 Å². The summed E-state index contributed by atoms with van der Waals surface area (Å²) in [6, 6.07) is 5.40. The van der Waals surface area contributed by atoms with Crippen LogP contribution in [0.25, 0.3) is 0 Å². The molecule has 1 unspecified atom stereocenters. The standard InChI is InChI=1S/C10H14N2OS/c1-3-7(2)13-9-6-4-5-8(12-9)10(11)14/h4-7H,3H2,1-2H3,(H2,11,14). The highest BCUT2D eigenvalue weighted by atomic mass is 32.1. The first-order chi connectivity index (χ1) is 6.63. The van der Waals surface area contributed by atoms with Crippen molar-refractivity contribution in [2.75, 3.05) is 0 Å². The molecule has 76 valence electrons. The van der Waals surface area contributed by atoms with Gasteiger partial charge in [0.15, 0.2) is 0 Å². The molecule has 1 aromatic rings. The number of thiocarbonyl (C=S) groups is 1. The summed E-state index contributed by atoms with van der Waals surface area (Å²) in [6.45, 7) is 4.05. The SMILES string of the molecule is CCC(C)Oc1cccc(C(N)=S)n1. The molecule has 1 rings (SSSR count). The van der Waals surface area contributed by atoms with Gasteiger partial charge in [-0.25, -0.2) is 4.98 Å². The van der Waals surface area contributed by atoms with Crippen molar-refractivity contribution >= 4 is 17.2 Å². The molecule has 1 heterocycles. The van der Waals surface area contributed by atoms with Crippen LogP contribution >= 0.6 is 12.2 Å². The molecular formula is C10H14N2OS. The van der Waals surface area contributed by atoms with Gasteiger partial charge in [0.05, 0.1) is 6.10 Å². The van der Waals surface area contributed by atoms with Gasteiger partial charge in [-0.05, 0) is 19.4 Å². The Bertz CT molecular complexity index is 328. The maximum Gasteiger partial charge on any atom is 0.214 e. The van der Waals surface area contributed by atoms with E-state index in [1.54, 1.807) is 12.1 Å². The van der Waals surface area contributed by atoms with E-state index in [4.69, 9.17) is 22.7 Å². The number of pyridine rings is 1.